The maximum Gasteiger partial charge on any atom is 0.280 e. The summed E-state index contributed by atoms with van der Waals surface area (Å²) in [4.78, 5) is 39.5. The summed E-state index contributed by atoms with van der Waals surface area (Å²) >= 11 is 0. The van der Waals surface area contributed by atoms with Gasteiger partial charge in [0, 0.05) is 12.7 Å². The zero-order chi connectivity index (χ0) is 13.1. The molecule has 0 aliphatic heterocycles. The normalized spacial score (nSPS) is 11.5. The molecular formula is C9H14N5O3P. The fourth-order valence-electron chi connectivity index (χ4n) is 1.67. The van der Waals surface area contributed by atoms with Crippen molar-refractivity contribution in [3.63, 3.8) is 0 Å². The van der Waals surface area contributed by atoms with Crippen molar-refractivity contribution >= 4 is 25.5 Å². The minimum Gasteiger partial charge on any atom is -0.369 e. The van der Waals surface area contributed by atoms with Gasteiger partial charge >= 0.3 is 0 Å². The largest absolute Gasteiger partial charge is 0.369 e. The van der Waals surface area contributed by atoms with Gasteiger partial charge in [0.05, 0.1) is 6.33 Å². The van der Waals surface area contributed by atoms with Crippen LogP contribution in [-0.2, 0) is 6.54 Å². The third-order valence-electron chi connectivity index (χ3n) is 2.50. The standard InChI is InChI=1S/C9H14N5O3P/c10-9-12-7-6(8(15)13-9)11-5-14(7)3-1-2-4-18(16)17/h5,16-17H,1-4H2,(H3,10,12,13,15). The van der Waals surface area contributed by atoms with Crippen LogP contribution in [-0.4, -0.2) is 35.5 Å². The van der Waals surface area contributed by atoms with Gasteiger partial charge in [0.1, 0.15) is 0 Å². The molecule has 2 heterocycles. The van der Waals surface area contributed by atoms with E-state index in [-0.39, 0.29) is 17.0 Å². The maximum atomic E-state index is 11.5. The molecule has 0 unspecified atom stereocenters. The second-order valence-electron chi connectivity index (χ2n) is 3.86. The third kappa shape index (κ3) is 2.84. The number of rotatable bonds is 5. The van der Waals surface area contributed by atoms with Crippen LogP contribution in [0.3, 0.4) is 0 Å². The Hall–Kier alpha value is -1.50. The van der Waals surface area contributed by atoms with Crippen LogP contribution in [0.5, 0.6) is 0 Å². The molecule has 9 heteroatoms. The van der Waals surface area contributed by atoms with Crippen molar-refractivity contribution in [1.29, 1.82) is 0 Å². The van der Waals surface area contributed by atoms with Crippen LogP contribution in [0, 0.1) is 0 Å². The van der Waals surface area contributed by atoms with Crippen LogP contribution in [0.2, 0.25) is 0 Å². The van der Waals surface area contributed by atoms with Crippen molar-refractivity contribution in [2.75, 3.05) is 11.9 Å². The molecule has 18 heavy (non-hydrogen) atoms. The molecule has 0 aliphatic rings. The number of nitrogen functional groups attached to an aromatic ring is 1. The van der Waals surface area contributed by atoms with Crippen molar-refractivity contribution in [2.24, 2.45) is 0 Å². The number of imidazole rings is 1. The van der Waals surface area contributed by atoms with E-state index in [4.69, 9.17) is 15.5 Å². The first-order chi connectivity index (χ1) is 8.58. The molecule has 0 bridgehead atoms. The van der Waals surface area contributed by atoms with Crippen molar-refractivity contribution in [1.82, 2.24) is 19.5 Å². The summed E-state index contributed by atoms with van der Waals surface area (Å²) in [7, 11) is -1.83. The number of unbranched alkanes of at least 4 members (excludes halogenated alkanes) is 1. The first-order valence-corrected chi connectivity index (χ1v) is 6.87. The van der Waals surface area contributed by atoms with E-state index >= 15 is 0 Å². The van der Waals surface area contributed by atoms with Crippen LogP contribution in [0.15, 0.2) is 11.1 Å². The second kappa shape index (κ2) is 5.43. The van der Waals surface area contributed by atoms with Crippen molar-refractivity contribution in [2.45, 2.75) is 19.4 Å². The van der Waals surface area contributed by atoms with Crippen molar-refractivity contribution in [3.8, 4) is 0 Å². The van der Waals surface area contributed by atoms with Gasteiger partial charge in [0.25, 0.3) is 5.56 Å². The number of anilines is 1. The summed E-state index contributed by atoms with van der Waals surface area (Å²) in [6.07, 6.45) is 3.36. The molecule has 0 saturated heterocycles. The molecule has 0 aromatic carbocycles. The van der Waals surface area contributed by atoms with E-state index in [0.29, 0.717) is 24.8 Å². The summed E-state index contributed by atoms with van der Waals surface area (Å²) in [5.41, 5.74) is 5.83. The molecule has 0 aliphatic carbocycles. The predicted molar refractivity (Wildman–Crippen MR) is 68.0 cm³/mol. The molecule has 0 fully saturated rings. The Labute approximate surface area is 103 Å². The molecule has 98 valence electrons. The van der Waals surface area contributed by atoms with E-state index in [2.05, 4.69) is 15.0 Å². The number of nitrogens with zero attached hydrogens (tertiary/aromatic N) is 3. The van der Waals surface area contributed by atoms with E-state index < -0.39 is 8.38 Å². The lowest BCUT2D eigenvalue weighted by molar-refractivity contribution is 0.477. The first-order valence-electron chi connectivity index (χ1n) is 5.44. The summed E-state index contributed by atoms with van der Waals surface area (Å²) in [5.74, 6) is 0.0588. The van der Waals surface area contributed by atoms with E-state index in [1.54, 1.807) is 4.57 Å². The lowest BCUT2D eigenvalue weighted by atomic mass is 10.3. The van der Waals surface area contributed by atoms with Crippen LogP contribution < -0.4 is 11.3 Å². The van der Waals surface area contributed by atoms with Gasteiger partial charge in [0.15, 0.2) is 19.5 Å². The topological polar surface area (TPSA) is 130 Å². The summed E-state index contributed by atoms with van der Waals surface area (Å²) in [6.45, 7) is 0.607. The fraction of sp³-hybridized carbons (Fsp3) is 0.444. The number of hydrogen-bond donors (Lipinski definition) is 4. The van der Waals surface area contributed by atoms with Crippen LogP contribution >= 0.6 is 8.38 Å². The van der Waals surface area contributed by atoms with E-state index in [0.717, 1.165) is 6.42 Å². The number of aromatic nitrogens is 4. The molecule has 8 nitrogen and oxygen atoms in total. The average molecular weight is 271 g/mol. The highest BCUT2D eigenvalue weighted by atomic mass is 31.2. The van der Waals surface area contributed by atoms with E-state index in [1.165, 1.54) is 6.33 Å². The first kappa shape index (κ1) is 12.9. The van der Waals surface area contributed by atoms with Crippen molar-refractivity contribution < 1.29 is 9.79 Å². The predicted octanol–water partition coefficient (Wildman–Crippen LogP) is -0.222. The number of aryl methyl sites for hydroxylation is 1. The molecule has 0 amide bonds. The summed E-state index contributed by atoms with van der Waals surface area (Å²) < 4.78 is 1.73. The number of aromatic amines is 1. The Kier molecular flexibility index (Phi) is 3.90. The molecular weight excluding hydrogens is 257 g/mol. The third-order valence-corrected chi connectivity index (χ3v) is 3.22. The van der Waals surface area contributed by atoms with Crippen LogP contribution in [0.4, 0.5) is 5.95 Å². The number of nitrogens with two attached hydrogens (primary N) is 1. The molecule has 5 N–H and O–H groups in total. The Balaban J connectivity index is 2.12. The second-order valence-corrected chi connectivity index (χ2v) is 5.06. The number of fused-ring (bicyclic) bond motifs is 1. The molecule has 0 atom stereocenters. The highest BCUT2D eigenvalue weighted by Crippen LogP contribution is 2.24. The van der Waals surface area contributed by atoms with Gasteiger partial charge in [-0.05, 0) is 12.8 Å². The Morgan fingerprint density at radius 2 is 2.22 bits per heavy atom. The van der Waals surface area contributed by atoms with Crippen LogP contribution in [0.1, 0.15) is 12.8 Å². The SMILES string of the molecule is Nc1nc2c(ncn2CCCCP(O)O)c(=O)[nH]1. The highest BCUT2D eigenvalue weighted by Gasteiger charge is 2.08. The summed E-state index contributed by atoms with van der Waals surface area (Å²) in [5, 5.41) is 0. The lowest BCUT2D eigenvalue weighted by Gasteiger charge is -2.04. The monoisotopic (exact) mass is 271 g/mol. The average Bonchev–Trinajstić information content (AvgIpc) is 2.67. The van der Waals surface area contributed by atoms with Crippen molar-refractivity contribution in [3.05, 3.63) is 16.7 Å². The van der Waals surface area contributed by atoms with Gasteiger partial charge in [-0.1, -0.05) is 0 Å². The van der Waals surface area contributed by atoms with Gasteiger partial charge in [-0.2, -0.15) is 4.98 Å². The van der Waals surface area contributed by atoms with E-state index in [9.17, 15) is 4.79 Å². The van der Waals surface area contributed by atoms with Crippen LogP contribution in [0.25, 0.3) is 11.2 Å². The minimum absolute atomic E-state index is 0.0588. The smallest absolute Gasteiger partial charge is 0.280 e. The Morgan fingerprint density at radius 3 is 2.94 bits per heavy atom. The highest BCUT2D eigenvalue weighted by molar-refractivity contribution is 7.45. The Bertz CT molecular complexity index is 593. The minimum atomic E-state index is -1.83. The molecule has 0 spiro atoms. The summed E-state index contributed by atoms with van der Waals surface area (Å²) in [6, 6.07) is 0. The molecule has 0 saturated carbocycles. The molecule has 2 aromatic heterocycles. The lowest BCUT2D eigenvalue weighted by Crippen LogP contribution is -2.12. The maximum absolute atomic E-state index is 11.5. The number of H-pyrrole nitrogens is 1. The van der Waals surface area contributed by atoms with Gasteiger partial charge < -0.3 is 20.1 Å². The zero-order valence-corrected chi connectivity index (χ0v) is 10.5. The van der Waals surface area contributed by atoms with Gasteiger partial charge in [-0.25, -0.2) is 4.98 Å². The molecule has 2 rings (SSSR count). The quantitative estimate of drug-likeness (QED) is 0.439. The van der Waals surface area contributed by atoms with E-state index in [1.807, 2.05) is 0 Å². The number of nitrogens with one attached hydrogen (secondary N) is 1. The Morgan fingerprint density at radius 1 is 1.44 bits per heavy atom. The number of hydrogen-bond acceptors (Lipinski definition) is 6. The zero-order valence-electron chi connectivity index (χ0n) is 9.57. The molecule has 0 radical (unpaired) electrons. The van der Waals surface area contributed by atoms with Gasteiger partial charge in [-0.15, -0.1) is 0 Å². The van der Waals surface area contributed by atoms with Gasteiger partial charge in [-0.3, -0.25) is 9.78 Å². The van der Waals surface area contributed by atoms with Gasteiger partial charge in [0.2, 0.25) is 5.95 Å². The molecule has 2 aromatic rings. The fourth-order valence-corrected chi connectivity index (χ4v) is 2.18.